The molecule has 0 aliphatic heterocycles. The topological polar surface area (TPSA) is 35.2 Å². The second kappa shape index (κ2) is 5.56. The first-order valence-corrected chi connectivity index (χ1v) is 6.38. The number of nitrogens with two attached hydrogens (primary N) is 1. The predicted octanol–water partition coefficient (Wildman–Crippen LogP) is 3.41. The van der Waals surface area contributed by atoms with E-state index in [1.165, 1.54) is 12.8 Å². The number of benzene rings is 1. The van der Waals surface area contributed by atoms with Gasteiger partial charge in [0.2, 0.25) is 0 Å². The quantitative estimate of drug-likeness (QED) is 0.871. The Kier molecular flexibility index (Phi) is 4.08. The maximum Gasteiger partial charge on any atom is 0.145 e. The molecule has 2 N–H and O–H groups in total. The fourth-order valence-electron chi connectivity index (χ4n) is 1.71. The summed E-state index contributed by atoms with van der Waals surface area (Å²) in [6.07, 6.45) is 6.44. The van der Waals surface area contributed by atoms with Crippen LogP contribution in [0.4, 0.5) is 0 Å². The van der Waals surface area contributed by atoms with E-state index >= 15 is 0 Å². The number of hydrogen-bond acceptors (Lipinski definition) is 2. The van der Waals surface area contributed by atoms with Crippen molar-refractivity contribution in [2.45, 2.75) is 19.8 Å². The molecule has 3 heteroatoms. The molecule has 2 rings (SSSR count). The summed E-state index contributed by atoms with van der Waals surface area (Å²) in [5.41, 5.74) is 7.62. The van der Waals surface area contributed by atoms with E-state index < -0.39 is 0 Å². The molecule has 1 aromatic carbocycles. The van der Waals surface area contributed by atoms with E-state index in [1.54, 1.807) is 0 Å². The lowest BCUT2D eigenvalue weighted by molar-refractivity contribution is 0.299. The van der Waals surface area contributed by atoms with Crippen molar-refractivity contribution in [2.75, 3.05) is 13.2 Å². The third-order valence-electron chi connectivity index (χ3n) is 2.81. The van der Waals surface area contributed by atoms with Crippen molar-refractivity contribution < 1.29 is 4.74 Å². The minimum atomic E-state index is 0.521. The molecule has 17 heavy (non-hydrogen) atoms. The van der Waals surface area contributed by atoms with E-state index in [9.17, 15) is 0 Å². The first-order valence-electron chi connectivity index (χ1n) is 6.00. The molecule has 1 aliphatic carbocycles. The molecule has 1 saturated carbocycles. The standard InChI is InChI=1S/C14H18ClNO/c1-10-7-12(3-2-6-16)14(13(15)8-10)17-9-11-4-5-11/h2-3,7-8,11H,4-6,9,16H2,1H3/b3-2+. The van der Waals surface area contributed by atoms with E-state index in [-0.39, 0.29) is 0 Å². The Morgan fingerprint density at radius 3 is 2.88 bits per heavy atom. The molecular weight excluding hydrogens is 234 g/mol. The summed E-state index contributed by atoms with van der Waals surface area (Å²) in [5, 5.41) is 0.683. The number of hydrogen-bond donors (Lipinski definition) is 1. The highest BCUT2D eigenvalue weighted by atomic mass is 35.5. The summed E-state index contributed by atoms with van der Waals surface area (Å²) in [6, 6.07) is 4.00. The third-order valence-corrected chi connectivity index (χ3v) is 3.09. The second-order valence-electron chi connectivity index (χ2n) is 4.56. The van der Waals surface area contributed by atoms with E-state index in [2.05, 4.69) is 6.07 Å². The van der Waals surface area contributed by atoms with Gasteiger partial charge >= 0.3 is 0 Å². The van der Waals surface area contributed by atoms with Crippen LogP contribution in [0.25, 0.3) is 6.08 Å². The summed E-state index contributed by atoms with van der Waals surface area (Å²) in [5.74, 6) is 1.51. The van der Waals surface area contributed by atoms with Gasteiger partial charge in [0.15, 0.2) is 0 Å². The molecule has 0 radical (unpaired) electrons. The van der Waals surface area contributed by atoms with Gasteiger partial charge in [0, 0.05) is 12.1 Å². The van der Waals surface area contributed by atoms with Crippen LogP contribution >= 0.6 is 11.6 Å². The first kappa shape index (κ1) is 12.5. The number of halogens is 1. The highest BCUT2D eigenvalue weighted by molar-refractivity contribution is 6.32. The molecule has 0 unspecified atom stereocenters. The number of aryl methyl sites for hydroxylation is 1. The highest BCUT2D eigenvalue weighted by Gasteiger charge is 2.22. The van der Waals surface area contributed by atoms with Crippen LogP contribution in [0.3, 0.4) is 0 Å². The third kappa shape index (κ3) is 3.48. The first-order chi connectivity index (χ1) is 8.20. The van der Waals surface area contributed by atoms with Crippen molar-refractivity contribution in [1.29, 1.82) is 0 Å². The van der Waals surface area contributed by atoms with Gasteiger partial charge < -0.3 is 10.5 Å². The zero-order valence-corrected chi connectivity index (χ0v) is 10.8. The van der Waals surface area contributed by atoms with Crippen molar-refractivity contribution in [3.05, 3.63) is 34.4 Å². The Hall–Kier alpha value is -0.990. The van der Waals surface area contributed by atoms with Crippen molar-refractivity contribution in [1.82, 2.24) is 0 Å². The molecule has 1 aliphatic rings. The molecule has 0 saturated heterocycles. The summed E-state index contributed by atoms with van der Waals surface area (Å²) < 4.78 is 5.82. The zero-order valence-electron chi connectivity index (χ0n) is 10.1. The van der Waals surface area contributed by atoms with Gasteiger partial charge in [-0.25, -0.2) is 0 Å². The smallest absolute Gasteiger partial charge is 0.145 e. The molecule has 0 aromatic heterocycles. The minimum Gasteiger partial charge on any atom is -0.491 e. The van der Waals surface area contributed by atoms with Gasteiger partial charge in [-0.05, 0) is 43.4 Å². The average Bonchev–Trinajstić information content (AvgIpc) is 3.08. The maximum atomic E-state index is 6.23. The Morgan fingerprint density at radius 1 is 1.47 bits per heavy atom. The minimum absolute atomic E-state index is 0.521. The average molecular weight is 252 g/mol. The van der Waals surface area contributed by atoms with Crippen LogP contribution in [0.15, 0.2) is 18.2 Å². The predicted molar refractivity (Wildman–Crippen MR) is 72.5 cm³/mol. The maximum absolute atomic E-state index is 6.23. The van der Waals surface area contributed by atoms with E-state index in [4.69, 9.17) is 22.1 Å². The van der Waals surface area contributed by atoms with Crippen LogP contribution in [-0.2, 0) is 0 Å². The van der Waals surface area contributed by atoms with Crippen LogP contribution in [0.5, 0.6) is 5.75 Å². The summed E-state index contributed by atoms with van der Waals surface area (Å²) in [4.78, 5) is 0. The van der Waals surface area contributed by atoms with E-state index in [0.717, 1.165) is 29.4 Å². The normalized spacial score (nSPS) is 15.5. The Labute approximate surface area is 107 Å². The molecule has 1 fully saturated rings. The molecular formula is C14H18ClNO. The molecule has 0 amide bonds. The van der Waals surface area contributed by atoms with Gasteiger partial charge in [0.1, 0.15) is 5.75 Å². The van der Waals surface area contributed by atoms with Crippen LogP contribution in [0, 0.1) is 12.8 Å². The highest BCUT2D eigenvalue weighted by Crippen LogP contribution is 2.35. The molecule has 1 aromatic rings. The van der Waals surface area contributed by atoms with Gasteiger partial charge in [-0.1, -0.05) is 23.8 Å². The van der Waals surface area contributed by atoms with Crippen molar-refractivity contribution in [3.63, 3.8) is 0 Å². The van der Waals surface area contributed by atoms with E-state index in [0.29, 0.717) is 11.6 Å². The van der Waals surface area contributed by atoms with Crippen LogP contribution < -0.4 is 10.5 Å². The summed E-state index contributed by atoms with van der Waals surface area (Å²) >= 11 is 6.23. The molecule has 0 atom stereocenters. The Bertz CT molecular complexity index is 424. The van der Waals surface area contributed by atoms with Gasteiger partial charge in [0.05, 0.1) is 11.6 Å². The fraction of sp³-hybridized carbons (Fsp3) is 0.429. The van der Waals surface area contributed by atoms with Crippen LogP contribution in [0.2, 0.25) is 5.02 Å². The molecule has 2 nitrogen and oxygen atoms in total. The largest absolute Gasteiger partial charge is 0.491 e. The number of rotatable bonds is 5. The van der Waals surface area contributed by atoms with Crippen LogP contribution in [0.1, 0.15) is 24.0 Å². The lowest BCUT2D eigenvalue weighted by Crippen LogP contribution is -2.01. The molecule has 92 valence electrons. The van der Waals surface area contributed by atoms with E-state index in [1.807, 2.05) is 25.1 Å². The zero-order chi connectivity index (χ0) is 12.3. The van der Waals surface area contributed by atoms with Crippen molar-refractivity contribution in [3.8, 4) is 5.75 Å². The fourth-order valence-corrected chi connectivity index (χ4v) is 2.05. The van der Waals surface area contributed by atoms with Crippen LogP contribution in [-0.4, -0.2) is 13.2 Å². The van der Waals surface area contributed by atoms with Crippen molar-refractivity contribution >= 4 is 17.7 Å². The van der Waals surface area contributed by atoms with Crippen molar-refractivity contribution in [2.24, 2.45) is 11.7 Å². The molecule has 0 bridgehead atoms. The summed E-state index contributed by atoms with van der Waals surface area (Å²) in [7, 11) is 0. The molecule has 0 heterocycles. The monoisotopic (exact) mass is 251 g/mol. The Morgan fingerprint density at radius 2 is 2.24 bits per heavy atom. The van der Waals surface area contributed by atoms with Gasteiger partial charge in [-0.15, -0.1) is 0 Å². The molecule has 0 spiro atoms. The lowest BCUT2D eigenvalue weighted by atomic mass is 10.1. The summed E-state index contributed by atoms with van der Waals surface area (Å²) in [6.45, 7) is 3.32. The van der Waals surface area contributed by atoms with Gasteiger partial charge in [-0.2, -0.15) is 0 Å². The van der Waals surface area contributed by atoms with Gasteiger partial charge in [-0.3, -0.25) is 0 Å². The SMILES string of the molecule is Cc1cc(Cl)c(OCC2CC2)c(/C=C/CN)c1. The van der Waals surface area contributed by atoms with Gasteiger partial charge in [0.25, 0.3) is 0 Å². The number of ether oxygens (including phenoxy) is 1. The Balaban J connectivity index is 2.21. The second-order valence-corrected chi connectivity index (χ2v) is 4.96. The lowest BCUT2D eigenvalue weighted by Gasteiger charge is -2.12.